The van der Waals surface area contributed by atoms with Gasteiger partial charge in [0.25, 0.3) is 5.56 Å². The first kappa shape index (κ1) is 15.9. The number of rotatable bonds is 3. The number of benzene rings is 1. The van der Waals surface area contributed by atoms with Crippen LogP contribution in [-0.4, -0.2) is 9.78 Å². The lowest BCUT2D eigenvalue weighted by molar-refractivity contribution is -0.137. The van der Waals surface area contributed by atoms with E-state index in [9.17, 15) is 18.0 Å². The van der Waals surface area contributed by atoms with Crippen molar-refractivity contribution in [3.8, 4) is 5.69 Å². The summed E-state index contributed by atoms with van der Waals surface area (Å²) in [5.74, 6) is 0.314. The molecule has 0 fully saturated rings. The van der Waals surface area contributed by atoms with Gasteiger partial charge in [0, 0.05) is 0 Å². The second-order valence-electron chi connectivity index (χ2n) is 5.19. The molecule has 0 amide bonds. The first-order valence-corrected chi connectivity index (χ1v) is 7.16. The summed E-state index contributed by atoms with van der Waals surface area (Å²) in [6, 6.07) is 4.66. The molecule has 0 unspecified atom stereocenters. The minimum Gasteiger partial charge on any atom is -0.294 e. The average Bonchev–Trinajstić information content (AvgIpc) is 2.66. The van der Waals surface area contributed by atoms with E-state index in [1.54, 1.807) is 0 Å². The normalized spacial score (nSPS) is 12.1. The van der Waals surface area contributed by atoms with Gasteiger partial charge in [0.05, 0.1) is 16.9 Å². The highest BCUT2D eigenvalue weighted by Crippen LogP contribution is 2.30. The highest BCUT2D eigenvalue weighted by atomic mass is 79.9. The summed E-state index contributed by atoms with van der Waals surface area (Å²) < 4.78 is 39.7. The van der Waals surface area contributed by atoms with Crippen molar-refractivity contribution in [3.05, 3.63) is 50.3 Å². The molecular formula is C14H14BrF3N2O. The lowest BCUT2D eigenvalue weighted by Gasteiger charge is -2.09. The third kappa shape index (κ3) is 3.40. The first-order chi connectivity index (χ1) is 9.70. The minimum atomic E-state index is -4.44. The molecule has 21 heavy (non-hydrogen) atoms. The molecule has 1 aromatic heterocycles. The molecule has 0 atom stereocenters. The summed E-state index contributed by atoms with van der Waals surface area (Å²) in [6.45, 7) is 3.98. The van der Waals surface area contributed by atoms with E-state index in [1.807, 2.05) is 13.8 Å². The summed E-state index contributed by atoms with van der Waals surface area (Å²) in [5.41, 5.74) is -0.356. The molecule has 2 aromatic rings. The van der Waals surface area contributed by atoms with Gasteiger partial charge in [-0.25, -0.2) is 4.68 Å². The molecule has 1 heterocycles. The molecular weight excluding hydrogens is 349 g/mol. The van der Waals surface area contributed by atoms with Gasteiger partial charge < -0.3 is 0 Å². The number of hydrogen-bond acceptors (Lipinski definition) is 1. The Hall–Kier alpha value is -1.50. The molecule has 0 spiro atoms. The van der Waals surface area contributed by atoms with E-state index in [2.05, 4.69) is 21.0 Å². The highest BCUT2D eigenvalue weighted by Gasteiger charge is 2.30. The monoisotopic (exact) mass is 362 g/mol. The summed E-state index contributed by atoms with van der Waals surface area (Å²) in [5, 5.41) is 2.87. The Bertz CT molecular complexity index is 701. The molecule has 0 saturated carbocycles. The Morgan fingerprint density at radius 1 is 1.33 bits per heavy atom. The van der Waals surface area contributed by atoms with Crippen LogP contribution in [0.4, 0.5) is 13.2 Å². The maximum Gasteiger partial charge on any atom is 0.416 e. The first-order valence-electron chi connectivity index (χ1n) is 6.37. The predicted molar refractivity (Wildman–Crippen MR) is 77.6 cm³/mol. The quantitative estimate of drug-likeness (QED) is 0.874. The van der Waals surface area contributed by atoms with Crippen LogP contribution in [0.15, 0.2) is 33.5 Å². The molecule has 0 bridgehead atoms. The molecule has 1 aromatic carbocycles. The maximum absolute atomic E-state index is 12.7. The SMILES string of the molecule is CC(C)Cc1[nH]n(-c2cccc(C(F)(F)F)c2)c(=O)c1Br. The van der Waals surface area contributed by atoms with Gasteiger partial charge in [-0.15, -0.1) is 0 Å². The largest absolute Gasteiger partial charge is 0.416 e. The molecule has 7 heteroatoms. The minimum absolute atomic E-state index is 0.158. The molecule has 0 aliphatic heterocycles. The van der Waals surface area contributed by atoms with Gasteiger partial charge in [-0.3, -0.25) is 9.89 Å². The lowest BCUT2D eigenvalue weighted by Crippen LogP contribution is -2.15. The topological polar surface area (TPSA) is 37.8 Å². The van der Waals surface area contributed by atoms with Gasteiger partial charge in [-0.2, -0.15) is 13.2 Å². The standard InChI is InChI=1S/C14H14BrF3N2O/c1-8(2)6-11-12(15)13(21)20(19-11)10-5-3-4-9(7-10)14(16,17)18/h3-5,7-8,19H,6H2,1-2H3. The summed E-state index contributed by atoms with van der Waals surface area (Å²) in [6.07, 6.45) is -3.81. The van der Waals surface area contributed by atoms with Crippen molar-refractivity contribution in [2.75, 3.05) is 0 Å². The lowest BCUT2D eigenvalue weighted by atomic mass is 10.1. The van der Waals surface area contributed by atoms with E-state index in [-0.39, 0.29) is 5.69 Å². The summed E-state index contributed by atoms with van der Waals surface area (Å²) >= 11 is 3.20. The fourth-order valence-electron chi connectivity index (χ4n) is 2.01. The van der Waals surface area contributed by atoms with Crippen LogP contribution in [0, 0.1) is 5.92 Å². The molecule has 0 aliphatic carbocycles. The molecule has 0 radical (unpaired) electrons. The Morgan fingerprint density at radius 3 is 2.57 bits per heavy atom. The van der Waals surface area contributed by atoms with Crippen LogP contribution < -0.4 is 5.56 Å². The second-order valence-corrected chi connectivity index (χ2v) is 5.98. The van der Waals surface area contributed by atoms with E-state index >= 15 is 0 Å². The van der Waals surface area contributed by atoms with Crippen LogP contribution in [-0.2, 0) is 12.6 Å². The van der Waals surface area contributed by atoms with Gasteiger partial charge in [0.2, 0.25) is 0 Å². The Morgan fingerprint density at radius 2 is 2.00 bits per heavy atom. The molecule has 114 valence electrons. The number of hydrogen-bond donors (Lipinski definition) is 1. The van der Waals surface area contributed by atoms with Crippen LogP contribution in [0.1, 0.15) is 25.1 Å². The van der Waals surface area contributed by atoms with Crippen LogP contribution in [0.5, 0.6) is 0 Å². The van der Waals surface area contributed by atoms with Crippen molar-refractivity contribution in [1.82, 2.24) is 9.78 Å². The zero-order chi connectivity index (χ0) is 15.8. The van der Waals surface area contributed by atoms with Crippen molar-refractivity contribution < 1.29 is 13.2 Å². The number of H-pyrrole nitrogens is 1. The van der Waals surface area contributed by atoms with Crippen LogP contribution in [0.2, 0.25) is 0 Å². The van der Waals surface area contributed by atoms with Gasteiger partial charge in [-0.1, -0.05) is 19.9 Å². The molecule has 3 nitrogen and oxygen atoms in total. The van der Waals surface area contributed by atoms with Crippen LogP contribution in [0.25, 0.3) is 5.69 Å². The van der Waals surface area contributed by atoms with Crippen molar-refractivity contribution in [3.63, 3.8) is 0 Å². The van der Waals surface area contributed by atoms with Crippen molar-refractivity contribution in [2.24, 2.45) is 5.92 Å². The zero-order valence-corrected chi connectivity index (χ0v) is 13.0. The molecule has 0 aliphatic rings. The van der Waals surface area contributed by atoms with Gasteiger partial charge >= 0.3 is 6.18 Å². The number of nitrogens with zero attached hydrogens (tertiary/aromatic N) is 1. The van der Waals surface area contributed by atoms with Crippen molar-refractivity contribution >= 4 is 15.9 Å². The van der Waals surface area contributed by atoms with Crippen LogP contribution in [0.3, 0.4) is 0 Å². The zero-order valence-electron chi connectivity index (χ0n) is 11.5. The van der Waals surface area contributed by atoms with E-state index in [0.29, 0.717) is 22.5 Å². The van der Waals surface area contributed by atoms with E-state index in [0.717, 1.165) is 16.8 Å². The summed E-state index contributed by atoms with van der Waals surface area (Å²) in [7, 11) is 0. The van der Waals surface area contributed by atoms with Crippen molar-refractivity contribution in [2.45, 2.75) is 26.4 Å². The number of nitrogens with one attached hydrogen (secondary N) is 1. The smallest absolute Gasteiger partial charge is 0.294 e. The van der Waals surface area contributed by atoms with Crippen LogP contribution >= 0.6 is 15.9 Å². The van der Waals surface area contributed by atoms with E-state index < -0.39 is 17.3 Å². The third-order valence-electron chi connectivity index (χ3n) is 2.95. The van der Waals surface area contributed by atoms with Gasteiger partial charge in [0.1, 0.15) is 4.47 Å². The third-order valence-corrected chi connectivity index (χ3v) is 3.76. The number of halogens is 4. The predicted octanol–water partition coefficient (Wildman–Crippen LogP) is 4.15. The van der Waals surface area contributed by atoms with Gasteiger partial charge in [-0.05, 0) is 46.5 Å². The fourth-order valence-corrected chi connectivity index (χ4v) is 2.44. The Kier molecular flexibility index (Phi) is 4.32. The summed E-state index contributed by atoms with van der Waals surface area (Å²) in [4.78, 5) is 12.1. The Labute approximate surface area is 127 Å². The van der Waals surface area contributed by atoms with Crippen molar-refractivity contribution in [1.29, 1.82) is 0 Å². The highest BCUT2D eigenvalue weighted by molar-refractivity contribution is 9.10. The van der Waals surface area contributed by atoms with E-state index in [1.165, 1.54) is 12.1 Å². The average molecular weight is 363 g/mol. The number of aromatic nitrogens is 2. The Balaban J connectivity index is 2.50. The number of aromatic amines is 1. The van der Waals surface area contributed by atoms with Gasteiger partial charge in [0.15, 0.2) is 0 Å². The molecule has 1 N–H and O–H groups in total. The second kappa shape index (κ2) is 5.71. The fraction of sp³-hybridized carbons (Fsp3) is 0.357. The molecule has 0 saturated heterocycles. The maximum atomic E-state index is 12.7. The molecule has 2 rings (SSSR count). The van der Waals surface area contributed by atoms with E-state index in [4.69, 9.17) is 0 Å². The number of alkyl halides is 3.